The normalized spacial score (nSPS) is 10.5. The number of aromatic nitrogens is 2. The maximum Gasteiger partial charge on any atom is 0.343 e. The van der Waals surface area contributed by atoms with E-state index >= 15 is 0 Å². The molecule has 19 heavy (non-hydrogen) atoms. The predicted octanol–water partition coefficient (Wildman–Crippen LogP) is 2.51. The van der Waals surface area contributed by atoms with E-state index < -0.39 is 11.5 Å². The van der Waals surface area contributed by atoms with Gasteiger partial charge in [-0.15, -0.1) is 0 Å². The van der Waals surface area contributed by atoms with Gasteiger partial charge in [-0.2, -0.15) is 0 Å². The zero-order chi connectivity index (χ0) is 14.2. The third-order valence-electron chi connectivity index (χ3n) is 2.63. The fourth-order valence-electron chi connectivity index (χ4n) is 1.85. The summed E-state index contributed by atoms with van der Waals surface area (Å²) in [6.45, 7) is 3.43. The van der Waals surface area contributed by atoms with Crippen molar-refractivity contribution in [1.29, 1.82) is 0 Å². The van der Waals surface area contributed by atoms with E-state index in [-0.39, 0.29) is 11.3 Å². The highest BCUT2D eigenvalue weighted by atomic mass is 79.9. The molecule has 0 radical (unpaired) electrons. The van der Waals surface area contributed by atoms with Gasteiger partial charge in [0.05, 0.1) is 5.69 Å². The standard InChI is InChI=1S/C13H11BrN2O3/c1-6-3-8(5-9(14)4-6)11-15-7(2)10(13(18)19)12(17)16-11/h3-5H,1-2H3,(H,18,19)(H,15,16,17). The number of rotatable bonds is 2. The van der Waals surface area contributed by atoms with Crippen LogP contribution in [0.25, 0.3) is 11.4 Å². The van der Waals surface area contributed by atoms with Crippen LogP contribution in [0.15, 0.2) is 27.5 Å². The molecule has 1 aromatic carbocycles. The van der Waals surface area contributed by atoms with Gasteiger partial charge in [-0.25, -0.2) is 9.78 Å². The Morgan fingerprint density at radius 2 is 2.00 bits per heavy atom. The van der Waals surface area contributed by atoms with Crippen molar-refractivity contribution in [3.63, 3.8) is 0 Å². The van der Waals surface area contributed by atoms with Crippen LogP contribution in [0.4, 0.5) is 0 Å². The molecule has 6 heteroatoms. The summed E-state index contributed by atoms with van der Waals surface area (Å²) >= 11 is 3.37. The maximum absolute atomic E-state index is 11.8. The second-order valence-corrected chi connectivity index (χ2v) is 5.11. The number of nitrogens with zero attached hydrogens (tertiary/aromatic N) is 1. The van der Waals surface area contributed by atoms with Crippen LogP contribution >= 0.6 is 15.9 Å². The SMILES string of the molecule is Cc1cc(Br)cc(-c2nc(C)c(C(=O)O)c(=O)[nH]2)c1. The van der Waals surface area contributed by atoms with E-state index in [1.807, 2.05) is 25.1 Å². The van der Waals surface area contributed by atoms with Gasteiger partial charge < -0.3 is 10.1 Å². The summed E-state index contributed by atoms with van der Waals surface area (Å²) in [4.78, 5) is 29.3. The molecule has 0 bridgehead atoms. The van der Waals surface area contributed by atoms with Gasteiger partial charge in [-0.3, -0.25) is 4.79 Å². The van der Waals surface area contributed by atoms with E-state index in [2.05, 4.69) is 25.9 Å². The van der Waals surface area contributed by atoms with Gasteiger partial charge >= 0.3 is 5.97 Å². The number of aryl methyl sites for hydroxylation is 2. The Bertz CT molecular complexity index is 702. The van der Waals surface area contributed by atoms with E-state index in [1.165, 1.54) is 6.92 Å². The first-order valence-electron chi connectivity index (χ1n) is 5.50. The average Bonchev–Trinajstić information content (AvgIpc) is 2.25. The molecule has 98 valence electrons. The zero-order valence-corrected chi connectivity index (χ0v) is 11.9. The molecule has 0 saturated carbocycles. The highest BCUT2D eigenvalue weighted by Crippen LogP contribution is 2.22. The number of carbonyl (C=O) groups is 1. The molecular formula is C13H11BrN2O3. The Kier molecular flexibility index (Phi) is 3.53. The minimum atomic E-state index is -1.27. The summed E-state index contributed by atoms with van der Waals surface area (Å²) in [6.07, 6.45) is 0. The lowest BCUT2D eigenvalue weighted by Gasteiger charge is -2.06. The molecule has 5 nitrogen and oxygen atoms in total. The van der Waals surface area contributed by atoms with Gasteiger partial charge in [0.25, 0.3) is 5.56 Å². The first-order chi connectivity index (χ1) is 8.88. The van der Waals surface area contributed by atoms with Gasteiger partial charge in [-0.05, 0) is 37.6 Å². The minimum Gasteiger partial charge on any atom is -0.477 e. The monoisotopic (exact) mass is 322 g/mol. The first-order valence-corrected chi connectivity index (χ1v) is 6.29. The van der Waals surface area contributed by atoms with Crippen molar-refractivity contribution in [3.8, 4) is 11.4 Å². The summed E-state index contributed by atoms with van der Waals surface area (Å²) < 4.78 is 0.866. The summed E-state index contributed by atoms with van der Waals surface area (Å²) in [7, 11) is 0. The van der Waals surface area contributed by atoms with Gasteiger partial charge in [0.1, 0.15) is 11.4 Å². The van der Waals surface area contributed by atoms with Crippen LogP contribution in [0.1, 0.15) is 21.6 Å². The van der Waals surface area contributed by atoms with Crippen molar-refractivity contribution in [2.45, 2.75) is 13.8 Å². The number of hydrogen-bond donors (Lipinski definition) is 2. The molecule has 0 fully saturated rings. The molecule has 0 atom stereocenters. The topological polar surface area (TPSA) is 83.0 Å². The van der Waals surface area contributed by atoms with E-state index in [1.54, 1.807) is 0 Å². The molecule has 0 saturated heterocycles. The summed E-state index contributed by atoms with van der Waals surface area (Å²) in [5.74, 6) is -0.917. The molecule has 0 aliphatic rings. The largest absolute Gasteiger partial charge is 0.477 e. The van der Waals surface area contributed by atoms with E-state index in [4.69, 9.17) is 5.11 Å². The summed E-state index contributed by atoms with van der Waals surface area (Å²) in [5, 5.41) is 8.93. The number of H-pyrrole nitrogens is 1. The number of aromatic carboxylic acids is 1. The van der Waals surface area contributed by atoms with Crippen molar-refractivity contribution in [1.82, 2.24) is 9.97 Å². The number of aromatic amines is 1. The second kappa shape index (κ2) is 4.97. The molecule has 1 aromatic heterocycles. The Morgan fingerprint density at radius 1 is 1.32 bits per heavy atom. The van der Waals surface area contributed by atoms with Crippen LogP contribution in [0, 0.1) is 13.8 Å². The van der Waals surface area contributed by atoms with Crippen molar-refractivity contribution in [3.05, 3.63) is 49.8 Å². The number of carboxylic acid groups (broad SMARTS) is 1. The number of carboxylic acids is 1. The molecule has 0 unspecified atom stereocenters. The Balaban J connectivity index is 2.65. The van der Waals surface area contributed by atoms with Crippen molar-refractivity contribution in [2.24, 2.45) is 0 Å². The molecule has 0 aliphatic heterocycles. The lowest BCUT2D eigenvalue weighted by Crippen LogP contribution is -2.21. The Hall–Kier alpha value is -1.95. The van der Waals surface area contributed by atoms with E-state index in [0.29, 0.717) is 5.82 Å². The summed E-state index contributed by atoms with van der Waals surface area (Å²) in [5.41, 5.74) is 0.961. The van der Waals surface area contributed by atoms with Crippen molar-refractivity contribution >= 4 is 21.9 Å². The van der Waals surface area contributed by atoms with Gasteiger partial charge in [0.15, 0.2) is 0 Å². The molecule has 2 rings (SSSR count). The van der Waals surface area contributed by atoms with Crippen molar-refractivity contribution in [2.75, 3.05) is 0 Å². The van der Waals surface area contributed by atoms with Crippen LogP contribution < -0.4 is 5.56 Å². The fourth-order valence-corrected chi connectivity index (χ4v) is 2.46. The molecule has 0 spiro atoms. The molecule has 1 heterocycles. The predicted molar refractivity (Wildman–Crippen MR) is 74.4 cm³/mol. The second-order valence-electron chi connectivity index (χ2n) is 4.20. The van der Waals surface area contributed by atoms with E-state index in [9.17, 15) is 9.59 Å². The average molecular weight is 323 g/mol. The fraction of sp³-hybridized carbons (Fsp3) is 0.154. The minimum absolute atomic E-state index is 0.198. The lowest BCUT2D eigenvalue weighted by molar-refractivity contribution is 0.0693. The molecule has 0 amide bonds. The zero-order valence-electron chi connectivity index (χ0n) is 10.3. The number of hydrogen-bond acceptors (Lipinski definition) is 3. The van der Waals surface area contributed by atoms with Gasteiger partial charge in [0, 0.05) is 10.0 Å². The number of benzene rings is 1. The summed E-state index contributed by atoms with van der Waals surface area (Å²) in [6, 6.07) is 5.61. The first kappa shape index (κ1) is 13.5. The molecular weight excluding hydrogens is 312 g/mol. The van der Waals surface area contributed by atoms with Gasteiger partial charge in [0.2, 0.25) is 0 Å². The van der Waals surface area contributed by atoms with Crippen molar-refractivity contribution < 1.29 is 9.90 Å². The third kappa shape index (κ3) is 2.73. The highest BCUT2D eigenvalue weighted by molar-refractivity contribution is 9.10. The van der Waals surface area contributed by atoms with Crippen LogP contribution in [-0.4, -0.2) is 21.0 Å². The Labute approximate surface area is 117 Å². The Morgan fingerprint density at radius 3 is 2.53 bits per heavy atom. The van der Waals surface area contributed by atoms with Crippen LogP contribution in [0.5, 0.6) is 0 Å². The highest BCUT2D eigenvalue weighted by Gasteiger charge is 2.15. The maximum atomic E-state index is 11.8. The molecule has 2 aromatic rings. The third-order valence-corrected chi connectivity index (χ3v) is 3.09. The van der Waals surface area contributed by atoms with Gasteiger partial charge in [-0.1, -0.05) is 15.9 Å². The molecule has 0 aliphatic carbocycles. The van der Waals surface area contributed by atoms with E-state index in [0.717, 1.165) is 15.6 Å². The smallest absolute Gasteiger partial charge is 0.343 e. The lowest BCUT2D eigenvalue weighted by atomic mass is 10.1. The molecule has 2 N–H and O–H groups in total. The van der Waals surface area contributed by atoms with Crippen LogP contribution in [-0.2, 0) is 0 Å². The quantitative estimate of drug-likeness (QED) is 0.889. The van der Waals surface area contributed by atoms with Crippen LogP contribution in [0.2, 0.25) is 0 Å². The van der Waals surface area contributed by atoms with Crippen LogP contribution in [0.3, 0.4) is 0 Å². The number of halogens is 1. The number of nitrogens with one attached hydrogen (secondary N) is 1.